The van der Waals surface area contributed by atoms with Gasteiger partial charge in [0.1, 0.15) is 0 Å². The molecule has 0 saturated heterocycles. The van der Waals surface area contributed by atoms with E-state index in [9.17, 15) is 4.39 Å². The third-order valence-electron chi connectivity index (χ3n) is 1.67. The first-order chi connectivity index (χ1) is 3.34. The number of alkyl halides is 1. The highest BCUT2D eigenvalue weighted by atomic mass is 19.1. The van der Waals surface area contributed by atoms with Crippen molar-refractivity contribution in [3.8, 4) is 0 Å². The topological polar surface area (TPSA) is 0 Å². The fourth-order valence-electron chi connectivity index (χ4n) is 0.791. The van der Waals surface area contributed by atoms with Crippen LogP contribution in [-0.2, 0) is 0 Å². The molecule has 0 N–H and O–H groups in total. The Morgan fingerprint density at radius 3 is 2.43 bits per heavy atom. The van der Waals surface area contributed by atoms with Gasteiger partial charge in [0, 0.05) is 0 Å². The zero-order valence-electron chi connectivity index (χ0n) is 4.65. The molecule has 0 aromatic carbocycles. The molecule has 0 bridgehead atoms. The molecule has 0 spiro atoms. The molecular weight excluding hydrogens is 91.1 g/mol. The zero-order valence-corrected chi connectivity index (χ0v) is 4.65. The van der Waals surface area contributed by atoms with E-state index >= 15 is 0 Å². The quantitative estimate of drug-likeness (QED) is 0.500. The first-order valence-corrected chi connectivity index (χ1v) is 2.90. The second-order valence-electron chi connectivity index (χ2n) is 2.47. The van der Waals surface area contributed by atoms with Crippen molar-refractivity contribution in [2.75, 3.05) is 6.67 Å². The summed E-state index contributed by atoms with van der Waals surface area (Å²) in [6, 6.07) is 0. The maximum Gasteiger partial charge on any atom is 0.0922 e. The molecule has 42 valence electrons. The summed E-state index contributed by atoms with van der Waals surface area (Å²) in [5.74, 6) is 1.09. The maximum absolute atomic E-state index is 11.7. The van der Waals surface area contributed by atoms with Gasteiger partial charge in [-0.25, -0.2) is 0 Å². The van der Waals surface area contributed by atoms with Gasteiger partial charge in [-0.05, 0) is 24.7 Å². The Morgan fingerprint density at radius 1 is 1.71 bits per heavy atom. The lowest BCUT2D eigenvalue weighted by molar-refractivity contribution is 0.352. The van der Waals surface area contributed by atoms with Gasteiger partial charge in [-0.15, -0.1) is 0 Å². The van der Waals surface area contributed by atoms with Crippen LogP contribution in [0, 0.1) is 11.8 Å². The minimum absolute atomic E-state index is 0.120. The number of hydrogen-bond donors (Lipinski definition) is 0. The largest absolute Gasteiger partial charge is 0.251 e. The third kappa shape index (κ3) is 1.15. The predicted octanol–water partition coefficient (Wildman–Crippen LogP) is 2.00. The highest BCUT2D eigenvalue weighted by Crippen LogP contribution is 2.36. The Labute approximate surface area is 43.7 Å². The number of rotatable bonds is 2. The van der Waals surface area contributed by atoms with E-state index in [1.807, 2.05) is 6.92 Å². The third-order valence-corrected chi connectivity index (χ3v) is 1.67. The van der Waals surface area contributed by atoms with Crippen LogP contribution in [-0.4, -0.2) is 6.67 Å². The Balaban J connectivity index is 2.10. The van der Waals surface area contributed by atoms with Gasteiger partial charge < -0.3 is 0 Å². The molecule has 1 fully saturated rings. The molecule has 0 aromatic heterocycles. The summed E-state index contributed by atoms with van der Waals surface area (Å²) in [6.45, 7) is 1.86. The van der Waals surface area contributed by atoms with Gasteiger partial charge in [-0.2, -0.15) is 0 Å². The summed E-state index contributed by atoms with van der Waals surface area (Å²) in [4.78, 5) is 0. The lowest BCUT2D eigenvalue weighted by atomic mass is 10.1. The molecule has 0 radical (unpaired) electrons. The second-order valence-corrected chi connectivity index (χ2v) is 2.47. The Kier molecular flexibility index (Phi) is 1.31. The van der Waals surface area contributed by atoms with E-state index in [4.69, 9.17) is 0 Å². The fourth-order valence-corrected chi connectivity index (χ4v) is 0.791. The van der Waals surface area contributed by atoms with Crippen LogP contribution in [0.3, 0.4) is 0 Å². The van der Waals surface area contributed by atoms with Crippen LogP contribution in [0.2, 0.25) is 0 Å². The Hall–Kier alpha value is -0.0700. The van der Waals surface area contributed by atoms with E-state index in [0.717, 1.165) is 5.92 Å². The standard InChI is InChI=1S/C6H11F/c1-5(4-7)6-2-3-6/h5-6H,2-4H2,1H3/t5-/m0/s1. The molecule has 7 heavy (non-hydrogen) atoms. The smallest absolute Gasteiger partial charge is 0.0922 e. The van der Waals surface area contributed by atoms with E-state index in [0.29, 0.717) is 5.92 Å². The molecular formula is C6H11F. The van der Waals surface area contributed by atoms with Crippen molar-refractivity contribution in [1.82, 2.24) is 0 Å². The molecule has 0 nitrogen and oxygen atoms in total. The molecule has 1 aliphatic carbocycles. The fraction of sp³-hybridized carbons (Fsp3) is 1.00. The molecule has 0 heterocycles. The highest BCUT2D eigenvalue weighted by molar-refractivity contribution is 4.77. The van der Waals surface area contributed by atoms with Crippen LogP contribution in [0.25, 0.3) is 0 Å². The van der Waals surface area contributed by atoms with E-state index in [1.54, 1.807) is 0 Å². The van der Waals surface area contributed by atoms with Crippen molar-refractivity contribution in [1.29, 1.82) is 0 Å². The van der Waals surface area contributed by atoms with E-state index < -0.39 is 0 Å². The van der Waals surface area contributed by atoms with Gasteiger partial charge in [0.05, 0.1) is 6.67 Å². The van der Waals surface area contributed by atoms with Crippen molar-refractivity contribution in [2.45, 2.75) is 19.8 Å². The second kappa shape index (κ2) is 1.81. The van der Waals surface area contributed by atoms with E-state index in [2.05, 4.69) is 0 Å². The average Bonchev–Trinajstić information content (AvgIpc) is 2.44. The van der Waals surface area contributed by atoms with Gasteiger partial charge >= 0.3 is 0 Å². The van der Waals surface area contributed by atoms with E-state index in [-0.39, 0.29) is 6.67 Å². The minimum Gasteiger partial charge on any atom is -0.251 e. The summed E-state index contributed by atoms with van der Waals surface area (Å²) >= 11 is 0. The summed E-state index contributed by atoms with van der Waals surface area (Å²) in [5, 5.41) is 0. The summed E-state index contributed by atoms with van der Waals surface area (Å²) < 4.78 is 11.7. The summed E-state index contributed by atoms with van der Waals surface area (Å²) in [7, 11) is 0. The Morgan fingerprint density at radius 2 is 2.29 bits per heavy atom. The molecule has 1 aliphatic rings. The van der Waals surface area contributed by atoms with Crippen molar-refractivity contribution < 1.29 is 4.39 Å². The van der Waals surface area contributed by atoms with Crippen LogP contribution in [0.1, 0.15) is 19.8 Å². The van der Waals surface area contributed by atoms with Gasteiger partial charge in [0.15, 0.2) is 0 Å². The molecule has 0 aromatic rings. The van der Waals surface area contributed by atoms with Gasteiger partial charge in [-0.3, -0.25) is 4.39 Å². The monoisotopic (exact) mass is 102 g/mol. The maximum atomic E-state index is 11.7. The van der Waals surface area contributed by atoms with E-state index in [1.165, 1.54) is 12.8 Å². The molecule has 1 heteroatoms. The molecule has 0 aliphatic heterocycles. The molecule has 0 unspecified atom stereocenters. The lowest BCUT2D eigenvalue weighted by Crippen LogP contribution is -1.97. The number of hydrogen-bond acceptors (Lipinski definition) is 0. The van der Waals surface area contributed by atoms with Crippen LogP contribution >= 0.6 is 0 Å². The van der Waals surface area contributed by atoms with Crippen molar-refractivity contribution in [3.63, 3.8) is 0 Å². The van der Waals surface area contributed by atoms with Gasteiger partial charge in [-0.1, -0.05) is 6.92 Å². The summed E-state index contributed by atoms with van der Waals surface area (Å²) in [6.07, 6.45) is 2.54. The minimum atomic E-state index is -0.120. The normalized spacial score (nSPS) is 24.9. The van der Waals surface area contributed by atoms with Crippen LogP contribution in [0.4, 0.5) is 4.39 Å². The average molecular weight is 102 g/mol. The lowest BCUT2D eigenvalue weighted by Gasteiger charge is -1.99. The first kappa shape index (κ1) is 5.07. The van der Waals surface area contributed by atoms with Crippen LogP contribution < -0.4 is 0 Å². The number of halogens is 1. The predicted molar refractivity (Wildman–Crippen MR) is 27.9 cm³/mol. The molecule has 0 amide bonds. The van der Waals surface area contributed by atoms with Crippen LogP contribution in [0.15, 0.2) is 0 Å². The Bertz CT molecular complexity index is 57.2. The highest BCUT2D eigenvalue weighted by Gasteiger charge is 2.27. The van der Waals surface area contributed by atoms with Crippen molar-refractivity contribution in [3.05, 3.63) is 0 Å². The molecule has 1 saturated carbocycles. The van der Waals surface area contributed by atoms with Crippen molar-refractivity contribution >= 4 is 0 Å². The van der Waals surface area contributed by atoms with Crippen molar-refractivity contribution in [2.24, 2.45) is 11.8 Å². The SMILES string of the molecule is C[C@@H](CF)C1CC1. The van der Waals surface area contributed by atoms with Gasteiger partial charge in [0.2, 0.25) is 0 Å². The summed E-state index contributed by atoms with van der Waals surface area (Å²) in [5.41, 5.74) is 0. The first-order valence-electron chi connectivity index (χ1n) is 2.90. The molecule has 1 atom stereocenters. The van der Waals surface area contributed by atoms with Crippen LogP contribution in [0.5, 0.6) is 0 Å². The molecule has 1 rings (SSSR count). The zero-order chi connectivity index (χ0) is 5.28. The van der Waals surface area contributed by atoms with Gasteiger partial charge in [0.25, 0.3) is 0 Å².